The number of aryl methyl sites for hydroxylation is 1. The molecule has 3 N–H and O–H groups in total. The summed E-state index contributed by atoms with van der Waals surface area (Å²) >= 11 is 1.35. The Kier molecular flexibility index (Phi) is 3.39. The zero-order valence-corrected chi connectivity index (χ0v) is 8.52. The average Bonchev–Trinajstić information content (AvgIpc) is 2.47. The van der Waals surface area contributed by atoms with Crippen molar-refractivity contribution in [2.45, 2.75) is 19.9 Å². The van der Waals surface area contributed by atoms with Crippen molar-refractivity contribution in [2.24, 2.45) is 5.73 Å². The van der Waals surface area contributed by atoms with E-state index in [1.165, 1.54) is 11.3 Å². The first-order valence-corrected chi connectivity index (χ1v) is 4.93. The monoisotopic (exact) mass is 199 g/mol. The van der Waals surface area contributed by atoms with Crippen LogP contribution in [0.1, 0.15) is 22.3 Å². The van der Waals surface area contributed by atoms with Crippen molar-refractivity contribution in [3.8, 4) is 0 Å². The molecule has 0 aliphatic heterocycles. The third-order valence-electron chi connectivity index (χ3n) is 1.54. The van der Waals surface area contributed by atoms with Crippen LogP contribution >= 0.6 is 11.3 Å². The van der Waals surface area contributed by atoms with Crippen LogP contribution in [0.3, 0.4) is 0 Å². The van der Waals surface area contributed by atoms with Gasteiger partial charge in [0, 0.05) is 12.6 Å². The molecule has 0 aromatic carbocycles. The van der Waals surface area contributed by atoms with Gasteiger partial charge in [0.15, 0.2) is 0 Å². The van der Waals surface area contributed by atoms with Gasteiger partial charge in [-0.1, -0.05) is 0 Å². The first-order valence-electron chi connectivity index (χ1n) is 4.05. The molecule has 0 saturated heterocycles. The molecule has 1 heterocycles. The van der Waals surface area contributed by atoms with Crippen LogP contribution in [0.2, 0.25) is 0 Å². The standard InChI is InChI=1S/C8H13N3OS/c1-5(9)3-10-8(12)7-6(2)11-4-13-7/h4-5H,3,9H2,1-2H3,(H,10,12). The average molecular weight is 199 g/mol. The normalized spacial score (nSPS) is 12.5. The van der Waals surface area contributed by atoms with E-state index in [1.807, 2.05) is 13.8 Å². The summed E-state index contributed by atoms with van der Waals surface area (Å²) in [6, 6.07) is -0.0165. The number of nitrogens with two attached hydrogens (primary N) is 1. The molecule has 1 rings (SSSR count). The molecule has 0 fully saturated rings. The molecule has 72 valence electrons. The first kappa shape index (κ1) is 10.1. The van der Waals surface area contributed by atoms with E-state index < -0.39 is 0 Å². The van der Waals surface area contributed by atoms with Gasteiger partial charge in [0.05, 0.1) is 11.2 Å². The molecular weight excluding hydrogens is 186 g/mol. The fourth-order valence-corrected chi connectivity index (χ4v) is 1.57. The second kappa shape index (κ2) is 4.34. The first-order chi connectivity index (χ1) is 6.11. The highest BCUT2D eigenvalue weighted by molar-refractivity contribution is 7.11. The maximum absolute atomic E-state index is 11.4. The SMILES string of the molecule is Cc1ncsc1C(=O)NCC(C)N. The number of hydrogen-bond acceptors (Lipinski definition) is 4. The Balaban J connectivity index is 2.54. The Hall–Kier alpha value is -0.940. The lowest BCUT2D eigenvalue weighted by Crippen LogP contribution is -2.35. The zero-order chi connectivity index (χ0) is 9.84. The number of rotatable bonds is 3. The quantitative estimate of drug-likeness (QED) is 0.746. The van der Waals surface area contributed by atoms with E-state index >= 15 is 0 Å². The molecule has 1 unspecified atom stereocenters. The van der Waals surface area contributed by atoms with Crippen LogP contribution in [-0.2, 0) is 0 Å². The number of carbonyl (C=O) groups is 1. The van der Waals surface area contributed by atoms with Crippen molar-refractivity contribution < 1.29 is 4.79 Å². The summed E-state index contributed by atoms with van der Waals surface area (Å²) < 4.78 is 0. The number of carbonyl (C=O) groups excluding carboxylic acids is 1. The molecule has 0 radical (unpaired) electrons. The van der Waals surface area contributed by atoms with Gasteiger partial charge in [-0.15, -0.1) is 11.3 Å². The molecule has 13 heavy (non-hydrogen) atoms. The maximum atomic E-state index is 11.4. The van der Waals surface area contributed by atoms with E-state index in [0.717, 1.165) is 5.69 Å². The topological polar surface area (TPSA) is 68.0 Å². The lowest BCUT2D eigenvalue weighted by molar-refractivity contribution is 0.0955. The molecule has 0 spiro atoms. The molecular formula is C8H13N3OS. The van der Waals surface area contributed by atoms with Crippen molar-refractivity contribution in [2.75, 3.05) is 6.54 Å². The molecule has 1 amide bonds. The minimum Gasteiger partial charge on any atom is -0.350 e. The van der Waals surface area contributed by atoms with Gasteiger partial charge in [-0.25, -0.2) is 4.98 Å². The number of thiazole rings is 1. The second-order valence-electron chi connectivity index (χ2n) is 2.95. The summed E-state index contributed by atoms with van der Waals surface area (Å²) in [5.74, 6) is -0.0858. The number of amides is 1. The van der Waals surface area contributed by atoms with E-state index in [0.29, 0.717) is 11.4 Å². The van der Waals surface area contributed by atoms with E-state index in [2.05, 4.69) is 10.3 Å². The molecule has 0 aliphatic rings. The maximum Gasteiger partial charge on any atom is 0.263 e. The molecule has 1 aromatic rings. The molecule has 1 atom stereocenters. The summed E-state index contributed by atoms with van der Waals surface area (Å²) in [4.78, 5) is 16.1. The van der Waals surface area contributed by atoms with Gasteiger partial charge in [-0.3, -0.25) is 4.79 Å². The fourth-order valence-electron chi connectivity index (χ4n) is 0.854. The zero-order valence-electron chi connectivity index (χ0n) is 7.70. The highest BCUT2D eigenvalue weighted by Crippen LogP contribution is 2.11. The lowest BCUT2D eigenvalue weighted by Gasteiger charge is -2.06. The van der Waals surface area contributed by atoms with E-state index in [9.17, 15) is 4.79 Å². The van der Waals surface area contributed by atoms with Gasteiger partial charge in [0.1, 0.15) is 4.88 Å². The third kappa shape index (κ3) is 2.78. The van der Waals surface area contributed by atoms with Crippen LogP contribution in [-0.4, -0.2) is 23.5 Å². The van der Waals surface area contributed by atoms with Gasteiger partial charge in [-0.2, -0.15) is 0 Å². The molecule has 5 heteroatoms. The van der Waals surface area contributed by atoms with Crippen LogP contribution in [0.4, 0.5) is 0 Å². The predicted octanol–water partition coefficient (Wildman–Crippen LogP) is 0.529. The summed E-state index contributed by atoms with van der Waals surface area (Å²) in [6.07, 6.45) is 0. The van der Waals surface area contributed by atoms with Crippen molar-refractivity contribution in [3.05, 3.63) is 16.1 Å². The number of aromatic nitrogens is 1. The third-order valence-corrected chi connectivity index (χ3v) is 2.46. The van der Waals surface area contributed by atoms with Gasteiger partial charge >= 0.3 is 0 Å². The van der Waals surface area contributed by atoms with Crippen molar-refractivity contribution >= 4 is 17.2 Å². The summed E-state index contributed by atoms with van der Waals surface area (Å²) in [5.41, 5.74) is 7.94. The van der Waals surface area contributed by atoms with Gasteiger partial charge in [0.2, 0.25) is 0 Å². The van der Waals surface area contributed by atoms with Gasteiger partial charge in [0.25, 0.3) is 5.91 Å². The molecule has 0 bridgehead atoms. The van der Waals surface area contributed by atoms with Crippen LogP contribution in [0.5, 0.6) is 0 Å². The highest BCUT2D eigenvalue weighted by atomic mass is 32.1. The minimum atomic E-state index is -0.0858. The Morgan fingerprint density at radius 1 is 1.85 bits per heavy atom. The predicted molar refractivity (Wildman–Crippen MR) is 52.8 cm³/mol. The van der Waals surface area contributed by atoms with E-state index in [-0.39, 0.29) is 11.9 Å². The van der Waals surface area contributed by atoms with Crippen LogP contribution in [0.15, 0.2) is 5.51 Å². The van der Waals surface area contributed by atoms with E-state index in [4.69, 9.17) is 5.73 Å². The second-order valence-corrected chi connectivity index (χ2v) is 3.81. The van der Waals surface area contributed by atoms with Crippen molar-refractivity contribution in [3.63, 3.8) is 0 Å². The van der Waals surface area contributed by atoms with Crippen molar-refractivity contribution in [1.82, 2.24) is 10.3 Å². The van der Waals surface area contributed by atoms with Crippen LogP contribution < -0.4 is 11.1 Å². The largest absolute Gasteiger partial charge is 0.350 e. The summed E-state index contributed by atoms with van der Waals surface area (Å²) in [5, 5.41) is 2.73. The summed E-state index contributed by atoms with van der Waals surface area (Å²) in [7, 11) is 0. The Morgan fingerprint density at radius 2 is 2.54 bits per heavy atom. The number of nitrogens with one attached hydrogen (secondary N) is 1. The van der Waals surface area contributed by atoms with Gasteiger partial charge in [-0.05, 0) is 13.8 Å². The van der Waals surface area contributed by atoms with Gasteiger partial charge < -0.3 is 11.1 Å². The molecule has 0 saturated carbocycles. The molecule has 1 aromatic heterocycles. The van der Waals surface area contributed by atoms with Crippen LogP contribution in [0, 0.1) is 6.92 Å². The van der Waals surface area contributed by atoms with E-state index in [1.54, 1.807) is 5.51 Å². The van der Waals surface area contributed by atoms with Crippen LogP contribution in [0.25, 0.3) is 0 Å². The Morgan fingerprint density at radius 3 is 3.00 bits per heavy atom. The molecule has 4 nitrogen and oxygen atoms in total. The molecule has 0 aliphatic carbocycles. The minimum absolute atomic E-state index is 0.0165. The number of nitrogens with zero attached hydrogens (tertiary/aromatic N) is 1. The summed E-state index contributed by atoms with van der Waals surface area (Å²) in [6.45, 7) is 4.16. The smallest absolute Gasteiger partial charge is 0.263 e. The van der Waals surface area contributed by atoms with Crippen molar-refractivity contribution in [1.29, 1.82) is 0 Å². The number of hydrogen-bond donors (Lipinski definition) is 2. The Bertz CT molecular complexity index is 295. The lowest BCUT2D eigenvalue weighted by atomic mass is 10.3. The fraction of sp³-hybridized carbons (Fsp3) is 0.500. The Labute approximate surface area is 81.2 Å². The highest BCUT2D eigenvalue weighted by Gasteiger charge is 2.10.